The Balaban J connectivity index is 0.000000140. The molecule has 55 heavy (non-hydrogen) atoms. The Morgan fingerprint density at radius 3 is 1.58 bits per heavy atom. The number of ether oxygens (including phenoxy) is 2. The Morgan fingerprint density at radius 2 is 1.18 bits per heavy atom. The number of nitrogens with one attached hydrogen (secondary N) is 2. The molecule has 2 aromatic carbocycles. The second-order valence-corrected chi connectivity index (χ2v) is 14.5. The zero-order valence-electron chi connectivity index (χ0n) is 28.6. The van der Waals surface area contributed by atoms with Gasteiger partial charge in [-0.3, -0.25) is 44.2 Å². The van der Waals surface area contributed by atoms with E-state index in [0.717, 1.165) is 43.2 Å². The summed E-state index contributed by atoms with van der Waals surface area (Å²) in [6, 6.07) is 18.9. The molecule has 0 unspecified atom stereocenters. The van der Waals surface area contributed by atoms with Crippen LogP contribution in [0, 0.1) is 0 Å². The molecule has 1 saturated heterocycles. The van der Waals surface area contributed by atoms with Gasteiger partial charge in [-0.2, -0.15) is 0 Å². The van der Waals surface area contributed by atoms with E-state index in [2.05, 4.69) is 11.9 Å². The molecule has 6 heterocycles. The quantitative estimate of drug-likeness (QED) is 0.0922. The van der Waals surface area contributed by atoms with Crippen LogP contribution in [0.25, 0.3) is 27.0 Å². The van der Waals surface area contributed by atoms with Gasteiger partial charge in [0.15, 0.2) is 12.1 Å². The number of carbonyl (C=O) groups excluding carboxylic acids is 9. The van der Waals surface area contributed by atoms with Gasteiger partial charge in [0.25, 0.3) is 17.7 Å². The molecule has 1 saturated carbocycles. The van der Waals surface area contributed by atoms with Crippen LogP contribution in [0.4, 0.5) is 0 Å². The van der Waals surface area contributed by atoms with Crippen molar-refractivity contribution in [1.82, 2.24) is 10.6 Å². The monoisotopic (exact) mass is 776 g/mol. The zero-order valence-corrected chi connectivity index (χ0v) is 30.3. The number of thiophene rings is 2. The van der Waals surface area contributed by atoms with E-state index >= 15 is 0 Å². The van der Waals surface area contributed by atoms with Crippen LogP contribution < -0.4 is 10.6 Å². The summed E-state index contributed by atoms with van der Waals surface area (Å²) in [6.45, 7) is 4.01. The predicted octanol–water partition coefficient (Wildman–Crippen LogP) is 5.09. The Morgan fingerprint density at radius 1 is 0.636 bits per heavy atom. The molecule has 4 amide bonds. The fourth-order valence-corrected chi connectivity index (χ4v) is 7.38. The molecule has 5 aliphatic rings. The number of aldehydes is 1. The molecule has 9 rings (SSSR count). The minimum absolute atomic E-state index is 0.0127. The number of ketones is 2. The third-order valence-electron chi connectivity index (χ3n) is 8.31. The maximum absolute atomic E-state index is 11.7. The molecule has 2 fully saturated rings. The average Bonchev–Trinajstić information content (AvgIpc) is 4.04. The molecule has 0 radical (unpaired) electrons. The van der Waals surface area contributed by atoms with Gasteiger partial charge in [-0.05, 0) is 65.7 Å². The van der Waals surface area contributed by atoms with Gasteiger partial charge in [-0.25, -0.2) is 9.59 Å². The summed E-state index contributed by atoms with van der Waals surface area (Å²) in [5.41, 5.74) is 6.06. The summed E-state index contributed by atoms with van der Waals surface area (Å²) in [4.78, 5) is 101. The molecule has 0 bridgehead atoms. The van der Waals surface area contributed by atoms with Crippen LogP contribution in [0.3, 0.4) is 0 Å². The van der Waals surface area contributed by atoms with E-state index in [9.17, 15) is 43.2 Å². The van der Waals surface area contributed by atoms with Gasteiger partial charge in [0.2, 0.25) is 5.91 Å². The molecule has 15 heteroatoms. The molecule has 276 valence electrons. The van der Waals surface area contributed by atoms with E-state index in [1.54, 1.807) is 35.6 Å². The topological polar surface area (TPSA) is 196 Å². The third-order valence-corrected chi connectivity index (χ3v) is 10.4. The first-order chi connectivity index (χ1) is 26.4. The minimum atomic E-state index is -0.338. The van der Waals surface area contributed by atoms with Crippen molar-refractivity contribution in [2.24, 2.45) is 0 Å². The lowest BCUT2D eigenvalue weighted by Gasteiger charge is -1.99. The standard InChI is InChI=1S/C18H12O4S.C13H8O3S.C5H5NO2.C4H3NO2/c19-13-6-11(16(20)8-13)7-14-2-4-17(23-14)10-1-3-15-12(5-10)9-22-18(15)21;14-6-10-2-4-12(17-10)8-1-3-11-9(5-8)7-16-13(11)15;1-3-2-4(7)6-5(3)8;6-3-1-2-4(7)5-3/h1-5,7H,6,8-9H2;1-6H,7H2;1-2H2,(H,6,7,8);1-2H,(H,5,6,7)/b11-7-;;;. The lowest BCUT2D eigenvalue weighted by atomic mass is 10.1. The fourth-order valence-electron chi connectivity index (χ4n) is 5.59. The Kier molecular flexibility index (Phi) is 11.4. The molecule has 1 aliphatic carbocycles. The van der Waals surface area contributed by atoms with E-state index < -0.39 is 0 Å². The molecular formula is C40H28N2O11S2. The SMILES string of the molecule is C=C1CC(=O)NC1=O.O=C1C=CC(=O)N1.O=C1CC(=O)/C(=C\c2ccc(-c3ccc4c(c3)COC4=O)s2)C1.O=Cc1ccc(-c2ccc3c(c2)COC3=O)s1. The first-order valence-electron chi connectivity index (χ1n) is 16.4. The highest BCUT2D eigenvalue weighted by atomic mass is 32.1. The Hall–Kier alpha value is -6.71. The molecular weight excluding hydrogens is 749 g/mol. The number of hydrogen-bond acceptors (Lipinski definition) is 13. The van der Waals surface area contributed by atoms with Crippen LogP contribution in [0.5, 0.6) is 0 Å². The van der Waals surface area contributed by atoms with Crippen molar-refractivity contribution in [3.63, 3.8) is 0 Å². The van der Waals surface area contributed by atoms with E-state index in [-0.39, 0.29) is 66.4 Å². The second kappa shape index (κ2) is 16.5. The molecule has 4 aliphatic heterocycles. The number of amides is 4. The highest BCUT2D eigenvalue weighted by molar-refractivity contribution is 7.17. The van der Waals surface area contributed by atoms with E-state index in [1.165, 1.54) is 23.5 Å². The molecule has 4 aromatic rings. The van der Waals surface area contributed by atoms with Crippen molar-refractivity contribution in [2.45, 2.75) is 32.5 Å². The molecule has 2 N–H and O–H groups in total. The second-order valence-electron chi connectivity index (χ2n) is 12.2. The van der Waals surface area contributed by atoms with Crippen LogP contribution in [-0.2, 0) is 51.5 Å². The van der Waals surface area contributed by atoms with Gasteiger partial charge in [0.1, 0.15) is 19.0 Å². The first kappa shape index (κ1) is 38.0. The fraction of sp³-hybridized carbons (Fsp3) is 0.125. The van der Waals surface area contributed by atoms with Crippen LogP contribution in [0.2, 0.25) is 0 Å². The summed E-state index contributed by atoms with van der Waals surface area (Å²) in [5.74, 6) is -1.86. The molecule has 2 aromatic heterocycles. The average molecular weight is 777 g/mol. The zero-order chi connectivity index (χ0) is 39.2. The maximum Gasteiger partial charge on any atom is 0.338 e. The number of carbonyl (C=O) groups is 9. The van der Waals surface area contributed by atoms with Crippen LogP contribution in [0.1, 0.15) is 65.7 Å². The lowest BCUT2D eigenvalue weighted by Crippen LogP contribution is -2.19. The summed E-state index contributed by atoms with van der Waals surface area (Å²) in [7, 11) is 0. The van der Waals surface area contributed by atoms with Gasteiger partial charge in [-0.1, -0.05) is 18.7 Å². The van der Waals surface area contributed by atoms with Crippen molar-refractivity contribution in [2.75, 3.05) is 0 Å². The predicted molar refractivity (Wildman–Crippen MR) is 200 cm³/mol. The van der Waals surface area contributed by atoms with Gasteiger partial charge in [0.05, 0.1) is 28.8 Å². The van der Waals surface area contributed by atoms with Crippen molar-refractivity contribution >= 4 is 82.2 Å². The van der Waals surface area contributed by atoms with Gasteiger partial charge in [0, 0.05) is 55.5 Å². The van der Waals surface area contributed by atoms with Crippen molar-refractivity contribution in [3.05, 3.63) is 123 Å². The van der Waals surface area contributed by atoms with Crippen molar-refractivity contribution in [1.29, 1.82) is 0 Å². The lowest BCUT2D eigenvalue weighted by molar-refractivity contribution is -0.125. The summed E-state index contributed by atoms with van der Waals surface area (Å²) >= 11 is 3.00. The van der Waals surface area contributed by atoms with Crippen molar-refractivity contribution < 1.29 is 52.6 Å². The first-order valence-corrected chi connectivity index (χ1v) is 18.1. The van der Waals surface area contributed by atoms with Gasteiger partial charge >= 0.3 is 11.9 Å². The molecule has 0 atom stereocenters. The number of hydrogen-bond donors (Lipinski definition) is 2. The van der Waals surface area contributed by atoms with Gasteiger partial charge < -0.3 is 9.47 Å². The largest absolute Gasteiger partial charge is 0.457 e. The van der Waals surface area contributed by atoms with E-state index in [1.807, 2.05) is 47.8 Å². The molecule has 13 nitrogen and oxygen atoms in total. The normalized spacial score (nSPS) is 16.9. The van der Waals surface area contributed by atoms with Gasteiger partial charge in [-0.15, -0.1) is 22.7 Å². The summed E-state index contributed by atoms with van der Waals surface area (Å²) in [5, 5.41) is 4.12. The van der Waals surface area contributed by atoms with E-state index in [4.69, 9.17) is 9.47 Å². The minimum Gasteiger partial charge on any atom is -0.457 e. The summed E-state index contributed by atoms with van der Waals surface area (Å²) in [6.07, 6.45) is 5.48. The highest BCUT2D eigenvalue weighted by Crippen LogP contribution is 2.34. The summed E-state index contributed by atoms with van der Waals surface area (Å²) < 4.78 is 9.96. The highest BCUT2D eigenvalue weighted by Gasteiger charge is 2.25. The number of benzene rings is 2. The maximum atomic E-state index is 11.7. The number of cyclic esters (lactones) is 2. The molecule has 0 spiro atoms. The Labute approximate surface area is 320 Å². The number of allylic oxidation sites excluding steroid dienone is 1. The number of imide groups is 2. The smallest absolute Gasteiger partial charge is 0.338 e. The number of fused-ring (bicyclic) bond motifs is 2. The Bertz CT molecular complexity index is 2380. The van der Waals surface area contributed by atoms with E-state index in [0.29, 0.717) is 40.4 Å². The number of rotatable bonds is 4. The number of esters is 2. The van der Waals surface area contributed by atoms with Crippen LogP contribution >= 0.6 is 22.7 Å². The van der Waals surface area contributed by atoms with Crippen LogP contribution in [0.15, 0.2) is 90.5 Å². The van der Waals surface area contributed by atoms with Crippen molar-refractivity contribution in [3.8, 4) is 20.9 Å². The number of Topliss-reactive ketones (excluding diaryl/α,β-unsaturated/α-hetero) is 2. The van der Waals surface area contributed by atoms with Crippen LogP contribution in [-0.4, -0.2) is 53.4 Å². The third kappa shape index (κ3) is 9.27.